The Balaban J connectivity index is 1.67. The fourth-order valence-corrected chi connectivity index (χ4v) is 4.23. The average Bonchev–Trinajstić information content (AvgIpc) is 3.20. The molecule has 2 fully saturated rings. The number of fused-ring (bicyclic) bond motifs is 7. The fourth-order valence-electron chi connectivity index (χ4n) is 4.23. The fraction of sp³-hybridized carbons (Fsp3) is 0.400. The summed E-state index contributed by atoms with van der Waals surface area (Å²) in [6, 6.07) is 16.8. The van der Waals surface area contributed by atoms with Gasteiger partial charge in [-0.3, -0.25) is 4.90 Å². The van der Waals surface area contributed by atoms with Gasteiger partial charge in [-0.05, 0) is 25.0 Å². The highest BCUT2D eigenvalue weighted by Gasteiger charge is 2.47. The number of hydrogen-bond donors (Lipinski definition) is 0. The van der Waals surface area contributed by atoms with E-state index < -0.39 is 0 Å². The van der Waals surface area contributed by atoms with Crippen molar-refractivity contribution in [3.8, 4) is 11.5 Å². The number of para-hydroxylation sites is 2. The Morgan fingerprint density at radius 2 is 1.50 bits per heavy atom. The van der Waals surface area contributed by atoms with Crippen molar-refractivity contribution in [2.24, 2.45) is 0 Å². The van der Waals surface area contributed by atoms with Crippen LogP contribution in [-0.4, -0.2) is 30.9 Å². The predicted octanol–water partition coefficient (Wildman–Crippen LogP) is 3.69. The molecule has 0 saturated carbocycles. The van der Waals surface area contributed by atoms with Gasteiger partial charge in [-0.25, -0.2) is 0 Å². The van der Waals surface area contributed by atoms with Crippen LogP contribution in [0.1, 0.15) is 36.1 Å². The minimum atomic E-state index is -0.0191. The Kier molecular flexibility index (Phi) is 3.46. The molecule has 2 aromatic carbocycles. The number of nitrogens with zero attached hydrogens (tertiary/aromatic N) is 1. The van der Waals surface area contributed by atoms with Crippen LogP contribution in [0.25, 0.3) is 0 Å². The lowest BCUT2D eigenvalue weighted by atomic mass is 9.94. The van der Waals surface area contributed by atoms with E-state index in [-0.39, 0.29) is 18.4 Å². The molecule has 4 nitrogen and oxygen atoms in total. The highest BCUT2D eigenvalue weighted by molar-refractivity contribution is 5.43. The van der Waals surface area contributed by atoms with Crippen molar-refractivity contribution >= 4 is 0 Å². The standard InChI is InChI=1S/C20H21NO3/c1-3-8-16-14(6-1)19-20(24-18-10-5-11-21(18)19)15-7-2-4-9-17(15)23-13-12-22-16/h1-4,6-9,18-20H,5,10-13H2/t18-,19+,20-/m1/s1. The molecule has 0 aromatic heterocycles. The lowest BCUT2D eigenvalue weighted by Crippen LogP contribution is -2.28. The van der Waals surface area contributed by atoms with Crippen molar-refractivity contribution < 1.29 is 14.2 Å². The summed E-state index contributed by atoms with van der Waals surface area (Å²) in [7, 11) is 0. The first-order chi connectivity index (χ1) is 11.9. The second-order valence-electron chi connectivity index (χ2n) is 6.61. The molecule has 0 aliphatic carbocycles. The van der Waals surface area contributed by atoms with E-state index in [9.17, 15) is 0 Å². The Morgan fingerprint density at radius 1 is 0.833 bits per heavy atom. The third kappa shape index (κ3) is 2.21. The largest absolute Gasteiger partial charge is 0.490 e. The van der Waals surface area contributed by atoms with Gasteiger partial charge in [-0.15, -0.1) is 0 Å². The summed E-state index contributed by atoms with van der Waals surface area (Å²) in [5, 5.41) is 0. The van der Waals surface area contributed by atoms with Gasteiger partial charge in [0.1, 0.15) is 37.0 Å². The first-order valence-corrected chi connectivity index (χ1v) is 8.76. The monoisotopic (exact) mass is 323 g/mol. The summed E-state index contributed by atoms with van der Waals surface area (Å²) in [4.78, 5) is 2.49. The lowest BCUT2D eigenvalue weighted by Gasteiger charge is -2.29. The summed E-state index contributed by atoms with van der Waals surface area (Å²) in [6.07, 6.45) is 2.46. The van der Waals surface area contributed by atoms with Gasteiger partial charge in [0, 0.05) is 17.7 Å². The molecule has 0 unspecified atom stereocenters. The Bertz CT molecular complexity index is 747. The summed E-state index contributed by atoms with van der Waals surface area (Å²) in [6.45, 7) is 2.16. The summed E-state index contributed by atoms with van der Waals surface area (Å²) >= 11 is 0. The van der Waals surface area contributed by atoms with E-state index in [1.54, 1.807) is 0 Å². The third-order valence-electron chi connectivity index (χ3n) is 5.25. The number of hydrogen-bond acceptors (Lipinski definition) is 4. The quantitative estimate of drug-likeness (QED) is 0.740. The zero-order valence-corrected chi connectivity index (χ0v) is 13.6. The summed E-state index contributed by atoms with van der Waals surface area (Å²) in [5.74, 6) is 1.86. The second-order valence-corrected chi connectivity index (χ2v) is 6.61. The first-order valence-electron chi connectivity index (χ1n) is 8.76. The Labute approximate surface area is 141 Å². The highest BCUT2D eigenvalue weighted by Crippen LogP contribution is 2.52. The molecule has 2 saturated heterocycles. The van der Waals surface area contributed by atoms with Gasteiger partial charge in [0.2, 0.25) is 0 Å². The average molecular weight is 323 g/mol. The van der Waals surface area contributed by atoms with Crippen molar-refractivity contribution in [1.29, 1.82) is 0 Å². The molecule has 3 aliphatic heterocycles. The van der Waals surface area contributed by atoms with Crippen molar-refractivity contribution in [3.05, 3.63) is 59.7 Å². The maximum Gasteiger partial charge on any atom is 0.125 e. The van der Waals surface area contributed by atoms with Gasteiger partial charge in [-0.2, -0.15) is 0 Å². The maximum atomic E-state index is 6.49. The van der Waals surface area contributed by atoms with Crippen molar-refractivity contribution in [2.75, 3.05) is 19.8 Å². The van der Waals surface area contributed by atoms with Crippen LogP contribution < -0.4 is 9.47 Å². The maximum absolute atomic E-state index is 6.49. The van der Waals surface area contributed by atoms with E-state index in [0.29, 0.717) is 13.2 Å². The van der Waals surface area contributed by atoms with Gasteiger partial charge in [0.05, 0.1) is 6.04 Å². The molecule has 5 rings (SSSR count). The molecule has 3 atom stereocenters. The smallest absolute Gasteiger partial charge is 0.125 e. The van der Waals surface area contributed by atoms with E-state index in [0.717, 1.165) is 30.0 Å². The molecule has 4 heteroatoms. The summed E-state index contributed by atoms with van der Waals surface area (Å²) < 4.78 is 18.5. The normalized spacial score (nSPS) is 28.8. The molecule has 24 heavy (non-hydrogen) atoms. The predicted molar refractivity (Wildman–Crippen MR) is 90.2 cm³/mol. The van der Waals surface area contributed by atoms with Gasteiger partial charge >= 0.3 is 0 Å². The number of benzene rings is 2. The summed E-state index contributed by atoms with van der Waals surface area (Å²) in [5.41, 5.74) is 2.37. The number of rotatable bonds is 0. The highest BCUT2D eigenvalue weighted by atomic mass is 16.5. The molecule has 2 aromatic rings. The minimum Gasteiger partial charge on any atom is -0.490 e. The molecule has 124 valence electrons. The zero-order valence-electron chi connectivity index (χ0n) is 13.6. The topological polar surface area (TPSA) is 30.9 Å². The van der Waals surface area contributed by atoms with Crippen LogP contribution in [0.3, 0.4) is 0 Å². The van der Waals surface area contributed by atoms with E-state index in [2.05, 4.69) is 35.2 Å². The first kappa shape index (κ1) is 14.3. The molecule has 0 amide bonds. The third-order valence-corrected chi connectivity index (χ3v) is 5.25. The molecule has 0 bridgehead atoms. The molecule has 0 spiro atoms. The van der Waals surface area contributed by atoms with Crippen LogP contribution >= 0.6 is 0 Å². The van der Waals surface area contributed by atoms with E-state index in [4.69, 9.17) is 14.2 Å². The molecular formula is C20H21NO3. The minimum absolute atomic E-state index is 0.0191. The van der Waals surface area contributed by atoms with Crippen molar-refractivity contribution in [1.82, 2.24) is 4.90 Å². The van der Waals surface area contributed by atoms with Crippen molar-refractivity contribution in [3.63, 3.8) is 0 Å². The lowest BCUT2D eigenvalue weighted by molar-refractivity contribution is 0.0160. The van der Waals surface area contributed by atoms with Gasteiger partial charge in [0.15, 0.2) is 0 Å². The van der Waals surface area contributed by atoms with E-state index in [1.165, 1.54) is 12.0 Å². The van der Waals surface area contributed by atoms with Crippen molar-refractivity contribution in [2.45, 2.75) is 31.2 Å². The molecule has 3 aliphatic rings. The SMILES string of the molecule is c1ccc2c(c1)OCCOc1ccccc1[C@H]1[C@@H]2O[C@@H]2CCCN21. The Hall–Kier alpha value is -2.04. The van der Waals surface area contributed by atoms with Gasteiger partial charge < -0.3 is 14.2 Å². The van der Waals surface area contributed by atoms with E-state index >= 15 is 0 Å². The van der Waals surface area contributed by atoms with Gasteiger partial charge in [0.25, 0.3) is 0 Å². The molecular weight excluding hydrogens is 302 g/mol. The molecule has 0 N–H and O–H groups in total. The Morgan fingerprint density at radius 3 is 2.29 bits per heavy atom. The molecule has 3 heterocycles. The number of ether oxygens (including phenoxy) is 3. The van der Waals surface area contributed by atoms with Crippen LogP contribution in [0.2, 0.25) is 0 Å². The molecule has 0 radical (unpaired) electrons. The second kappa shape index (κ2) is 5.80. The van der Waals surface area contributed by atoms with Gasteiger partial charge in [-0.1, -0.05) is 36.4 Å². The van der Waals surface area contributed by atoms with Crippen LogP contribution in [-0.2, 0) is 4.74 Å². The van der Waals surface area contributed by atoms with Crippen LogP contribution in [0.4, 0.5) is 0 Å². The van der Waals surface area contributed by atoms with Crippen LogP contribution in [0, 0.1) is 0 Å². The van der Waals surface area contributed by atoms with E-state index in [1.807, 2.05) is 18.2 Å². The zero-order chi connectivity index (χ0) is 15.9. The van der Waals surface area contributed by atoms with Crippen LogP contribution in [0.5, 0.6) is 11.5 Å². The van der Waals surface area contributed by atoms with Crippen LogP contribution in [0.15, 0.2) is 48.5 Å².